The van der Waals surface area contributed by atoms with Crippen LogP contribution < -0.4 is 5.32 Å². The normalized spacial score (nSPS) is 17.0. The highest BCUT2D eigenvalue weighted by Gasteiger charge is 2.40. The first-order valence-corrected chi connectivity index (χ1v) is 9.08. The molecule has 7 nitrogen and oxygen atoms in total. The zero-order chi connectivity index (χ0) is 18.6. The van der Waals surface area contributed by atoms with Crippen LogP contribution in [0.1, 0.15) is 31.8 Å². The Bertz CT molecular complexity index is 1180. The number of aromatic carboxylic acids is 1. The number of sulfonamides is 1. The molecule has 0 fully saturated rings. The third kappa shape index (κ3) is 2.12. The summed E-state index contributed by atoms with van der Waals surface area (Å²) >= 11 is 0. The average molecular weight is 368 g/mol. The largest absolute Gasteiger partial charge is 0.478 e. The lowest BCUT2D eigenvalue weighted by Crippen LogP contribution is -2.27. The molecule has 0 aromatic heterocycles. The number of Topliss-reactive ketones (excluding diaryl/α,β-unsaturated/α-hetero) is 1. The Hall–Kier alpha value is -3.26. The number of ketones is 1. The van der Waals surface area contributed by atoms with Gasteiger partial charge in [-0.25, -0.2) is 4.79 Å². The van der Waals surface area contributed by atoms with Gasteiger partial charge in [0, 0.05) is 23.7 Å². The summed E-state index contributed by atoms with van der Waals surface area (Å²) in [5, 5.41) is 12.0. The van der Waals surface area contributed by atoms with Crippen LogP contribution in [0.3, 0.4) is 0 Å². The van der Waals surface area contributed by atoms with Crippen molar-refractivity contribution in [3.63, 3.8) is 0 Å². The molecule has 1 aliphatic carbocycles. The summed E-state index contributed by atoms with van der Waals surface area (Å²) in [5.41, 5.74) is 1.56. The van der Waals surface area contributed by atoms with Gasteiger partial charge in [0.25, 0.3) is 10.0 Å². The zero-order valence-electron chi connectivity index (χ0n) is 13.5. The van der Waals surface area contributed by atoms with E-state index in [4.69, 9.17) is 0 Å². The van der Waals surface area contributed by atoms with Gasteiger partial charge >= 0.3 is 5.97 Å². The molecule has 2 aromatic rings. The second-order valence-electron chi connectivity index (χ2n) is 5.81. The molecule has 0 saturated heterocycles. The molecule has 0 unspecified atom stereocenters. The van der Waals surface area contributed by atoms with Crippen LogP contribution in [0.25, 0.3) is 5.57 Å². The lowest BCUT2D eigenvalue weighted by molar-refractivity contribution is 0.0696. The number of rotatable bonds is 3. The summed E-state index contributed by atoms with van der Waals surface area (Å²) in [6.45, 7) is 0. The van der Waals surface area contributed by atoms with Gasteiger partial charge in [0.05, 0.1) is 21.9 Å². The number of hydrogen-bond acceptors (Lipinski definition) is 5. The number of allylic oxidation sites excluding steroid dienone is 2. The highest BCUT2D eigenvalue weighted by atomic mass is 32.2. The van der Waals surface area contributed by atoms with Crippen LogP contribution in [0, 0.1) is 0 Å². The molecule has 130 valence electrons. The molecular formula is C18H12N2O5S. The third-order valence-electron chi connectivity index (χ3n) is 4.36. The minimum atomic E-state index is -3.91. The Morgan fingerprint density at radius 1 is 1.15 bits per heavy atom. The van der Waals surface area contributed by atoms with Gasteiger partial charge in [-0.2, -0.15) is 12.8 Å². The van der Waals surface area contributed by atoms with Crippen LogP contribution >= 0.6 is 0 Å². The topological polar surface area (TPSA) is 113 Å². The molecular weight excluding hydrogens is 356 g/mol. The smallest absolute Gasteiger partial charge is 0.335 e. The highest BCUT2D eigenvalue weighted by molar-refractivity contribution is 7.90. The van der Waals surface area contributed by atoms with Crippen molar-refractivity contribution in [2.75, 3.05) is 7.05 Å². The summed E-state index contributed by atoms with van der Waals surface area (Å²) in [7, 11) is -2.37. The summed E-state index contributed by atoms with van der Waals surface area (Å²) in [6, 6.07) is 10.4. The monoisotopic (exact) mass is 368 g/mol. The maximum Gasteiger partial charge on any atom is 0.335 e. The van der Waals surface area contributed by atoms with Crippen molar-refractivity contribution in [2.45, 2.75) is 4.90 Å². The molecule has 8 heteroatoms. The van der Waals surface area contributed by atoms with Crippen molar-refractivity contribution in [3.8, 4) is 0 Å². The number of nitrogens with one attached hydrogen (secondary N) is 1. The predicted molar refractivity (Wildman–Crippen MR) is 93.9 cm³/mol. The summed E-state index contributed by atoms with van der Waals surface area (Å²) in [5.74, 6) is -1.49. The molecule has 1 aliphatic heterocycles. The Morgan fingerprint density at radius 3 is 2.58 bits per heavy atom. The van der Waals surface area contributed by atoms with Crippen LogP contribution in [0.5, 0.6) is 0 Å². The second kappa shape index (κ2) is 5.37. The van der Waals surface area contributed by atoms with E-state index in [1.807, 2.05) is 0 Å². The molecule has 0 atom stereocenters. The molecule has 0 amide bonds. The lowest BCUT2D eigenvalue weighted by Gasteiger charge is -2.22. The summed E-state index contributed by atoms with van der Waals surface area (Å²) in [4.78, 5) is 24.2. The van der Waals surface area contributed by atoms with E-state index in [0.29, 0.717) is 5.56 Å². The first kappa shape index (κ1) is 16.2. The summed E-state index contributed by atoms with van der Waals surface area (Å²) in [6.07, 6.45) is 0. The Kier molecular flexibility index (Phi) is 3.35. The second-order valence-corrected chi connectivity index (χ2v) is 7.38. The fraction of sp³-hybridized carbons (Fsp3) is 0.0556. The van der Waals surface area contributed by atoms with Gasteiger partial charge in [0.15, 0.2) is 0 Å². The van der Waals surface area contributed by atoms with Crippen molar-refractivity contribution in [3.05, 3.63) is 70.4 Å². The molecule has 26 heavy (non-hydrogen) atoms. The molecule has 4 rings (SSSR count). The van der Waals surface area contributed by atoms with E-state index in [2.05, 4.69) is 9.71 Å². The lowest BCUT2D eigenvalue weighted by atomic mass is 9.83. The van der Waals surface area contributed by atoms with Crippen LogP contribution in [0.15, 0.2) is 57.5 Å². The maximum absolute atomic E-state index is 12.9. The molecule has 2 aromatic carbocycles. The van der Waals surface area contributed by atoms with Crippen molar-refractivity contribution in [1.29, 1.82) is 0 Å². The van der Waals surface area contributed by atoms with E-state index in [1.165, 1.54) is 30.3 Å². The number of benzene rings is 2. The Morgan fingerprint density at radius 2 is 1.88 bits per heavy atom. The van der Waals surface area contributed by atoms with Crippen LogP contribution in [0.2, 0.25) is 0 Å². The van der Waals surface area contributed by atoms with E-state index in [9.17, 15) is 23.1 Å². The number of carbonyl (C=O) groups is 2. The molecule has 0 bridgehead atoms. The first-order valence-electron chi connectivity index (χ1n) is 7.64. The fourth-order valence-electron chi connectivity index (χ4n) is 3.26. The zero-order valence-corrected chi connectivity index (χ0v) is 14.3. The number of carboxylic acid groups (broad SMARTS) is 1. The molecule has 0 radical (unpaired) electrons. The fourth-order valence-corrected chi connectivity index (χ4v) is 4.50. The first-order chi connectivity index (χ1) is 12.3. The van der Waals surface area contributed by atoms with E-state index in [1.54, 1.807) is 19.2 Å². The van der Waals surface area contributed by atoms with Crippen molar-refractivity contribution < 1.29 is 23.1 Å². The number of nitrogens with zero attached hydrogens (tertiary/aromatic N) is 1. The molecule has 1 heterocycles. The van der Waals surface area contributed by atoms with Gasteiger partial charge in [0.2, 0.25) is 5.78 Å². The predicted octanol–water partition coefficient (Wildman–Crippen LogP) is 1.70. The third-order valence-corrected chi connectivity index (χ3v) is 5.68. The van der Waals surface area contributed by atoms with Crippen LogP contribution in [0.4, 0.5) is 0 Å². The van der Waals surface area contributed by atoms with Gasteiger partial charge in [0.1, 0.15) is 0 Å². The number of hydrogen-bond donors (Lipinski definition) is 2. The average Bonchev–Trinajstić information content (AvgIpc) is 2.90. The van der Waals surface area contributed by atoms with Crippen molar-refractivity contribution in [2.24, 2.45) is 4.40 Å². The Balaban J connectivity index is 2.08. The van der Waals surface area contributed by atoms with E-state index in [-0.39, 0.29) is 44.4 Å². The Labute approximate surface area is 148 Å². The van der Waals surface area contributed by atoms with Crippen molar-refractivity contribution in [1.82, 2.24) is 5.32 Å². The van der Waals surface area contributed by atoms with E-state index >= 15 is 0 Å². The number of likely N-dealkylation sites (N-methyl/N-ethyl adjacent to an activating group) is 1. The van der Waals surface area contributed by atoms with Crippen molar-refractivity contribution >= 4 is 33.1 Å². The standard InChI is InChI=1S/C18H12N2O5S/c1-19-16-13(9-4-2-5-10(8-9)18(22)23)15-14-11(17(16)21)6-3-7-12(14)26(24,25)20-15/h2-8,19H,1H3,(H,22,23). The summed E-state index contributed by atoms with van der Waals surface area (Å²) < 4.78 is 28.7. The molecule has 2 N–H and O–H groups in total. The van der Waals surface area contributed by atoms with E-state index in [0.717, 1.165) is 0 Å². The quantitative estimate of drug-likeness (QED) is 0.853. The maximum atomic E-state index is 12.9. The van der Waals surface area contributed by atoms with Crippen LogP contribution in [-0.2, 0) is 10.0 Å². The van der Waals surface area contributed by atoms with Gasteiger partial charge in [-0.05, 0) is 23.8 Å². The van der Waals surface area contributed by atoms with Gasteiger partial charge in [-0.1, -0.05) is 24.3 Å². The van der Waals surface area contributed by atoms with Crippen LogP contribution in [-0.4, -0.2) is 38.0 Å². The van der Waals surface area contributed by atoms with Gasteiger partial charge < -0.3 is 10.4 Å². The number of carbonyl (C=O) groups excluding carboxylic acids is 1. The highest BCUT2D eigenvalue weighted by Crippen LogP contribution is 2.40. The minimum absolute atomic E-state index is 0.0135. The molecule has 0 saturated carbocycles. The molecule has 0 spiro atoms. The van der Waals surface area contributed by atoms with Gasteiger partial charge in [-0.3, -0.25) is 4.79 Å². The van der Waals surface area contributed by atoms with E-state index < -0.39 is 16.0 Å². The van der Waals surface area contributed by atoms with Gasteiger partial charge in [-0.15, -0.1) is 0 Å². The SMILES string of the molecule is CNC1=C(c2cccc(C(=O)O)c2)C2=NS(=O)(=O)c3cccc(c32)C1=O. The molecule has 2 aliphatic rings. The minimum Gasteiger partial charge on any atom is -0.478 e. The number of carboxylic acids is 1.